The monoisotopic (exact) mass is 491 g/mol. The molecule has 3 rings (SSSR count). The van der Waals surface area contributed by atoms with E-state index in [1.165, 1.54) is 48.8 Å². The maximum absolute atomic E-state index is 12.9. The van der Waals surface area contributed by atoms with Gasteiger partial charge in [0.25, 0.3) is 11.6 Å². The van der Waals surface area contributed by atoms with Crippen LogP contribution in [0.15, 0.2) is 59.3 Å². The fourth-order valence-corrected chi connectivity index (χ4v) is 2.86. The molecule has 0 saturated heterocycles. The van der Waals surface area contributed by atoms with Crippen molar-refractivity contribution < 1.29 is 19.2 Å². The lowest BCUT2D eigenvalue weighted by Gasteiger charge is -2.19. The summed E-state index contributed by atoms with van der Waals surface area (Å²) in [5.74, 6) is -0.818. The van der Waals surface area contributed by atoms with Crippen LogP contribution < -0.4 is 15.4 Å². The number of hydrogen-bond donors (Lipinski definition) is 1. The molecule has 0 unspecified atom stereocenters. The molecule has 1 heterocycles. The molecule has 0 aliphatic rings. The molecule has 0 bridgehead atoms. The molecule has 0 saturated carbocycles. The fraction of sp³-hybridized carbons (Fsp3) is 0. The summed E-state index contributed by atoms with van der Waals surface area (Å²) in [5.41, 5.74) is 4.59. The number of anilines is 1. The molecule has 152 valence electrons. The van der Waals surface area contributed by atoms with Crippen molar-refractivity contribution in [1.29, 1.82) is 0 Å². The number of para-hydroxylation sites is 1. The van der Waals surface area contributed by atoms with E-state index in [-0.39, 0.29) is 28.0 Å². The molecular weight excluding hydrogens is 482 g/mol. The van der Waals surface area contributed by atoms with E-state index >= 15 is 0 Å². The Kier molecular flexibility index (Phi) is 6.23. The summed E-state index contributed by atoms with van der Waals surface area (Å²) in [4.78, 5) is 43.8. The van der Waals surface area contributed by atoms with Crippen molar-refractivity contribution in [2.45, 2.75) is 0 Å². The third-order valence-corrected chi connectivity index (χ3v) is 4.43. The highest BCUT2D eigenvalue weighted by atomic mass is 79.9. The Labute approximate surface area is 182 Å². The largest absolute Gasteiger partial charge is 0.423 e. The number of nitro groups is 1. The lowest BCUT2D eigenvalue weighted by Crippen LogP contribution is -2.41. The molecule has 0 fully saturated rings. The van der Waals surface area contributed by atoms with Gasteiger partial charge in [-0.3, -0.25) is 14.9 Å². The van der Waals surface area contributed by atoms with Gasteiger partial charge in [0.2, 0.25) is 0 Å². The zero-order valence-corrected chi connectivity index (χ0v) is 17.2. The van der Waals surface area contributed by atoms with Crippen LogP contribution in [0.2, 0.25) is 5.02 Å². The Balaban J connectivity index is 1.94. The minimum atomic E-state index is -1.14. The molecule has 2 aromatic carbocycles. The average Bonchev–Trinajstić information content (AvgIpc) is 2.71. The van der Waals surface area contributed by atoms with Crippen LogP contribution in [0.1, 0.15) is 10.4 Å². The van der Waals surface area contributed by atoms with Gasteiger partial charge in [-0.2, -0.15) is 0 Å². The van der Waals surface area contributed by atoms with Gasteiger partial charge in [-0.1, -0.05) is 23.7 Å². The number of rotatable bonds is 5. The third kappa shape index (κ3) is 4.53. The van der Waals surface area contributed by atoms with Crippen LogP contribution in [-0.2, 0) is 0 Å². The average molecular weight is 493 g/mol. The zero-order valence-electron chi connectivity index (χ0n) is 14.9. The SMILES string of the molecule is NC(=O)N(C(=O)c1ccccc1[N+](=O)[O-])c1ccc(Oc2ncc(Br)cn2)c(Cl)c1. The van der Waals surface area contributed by atoms with Crippen molar-refractivity contribution in [3.05, 3.63) is 80.0 Å². The summed E-state index contributed by atoms with van der Waals surface area (Å²) in [6.45, 7) is 0. The number of nitro benzene ring substituents is 1. The lowest BCUT2D eigenvalue weighted by molar-refractivity contribution is -0.385. The molecule has 1 aromatic heterocycles. The summed E-state index contributed by atoms with van der Waals surface area (Å²) in [6, 6.07) is 8.07. The standard InChI is InChI=1S/C18H11BrClN5O5/c19-10-8-22-18(23-9-10)30-15-6-5-11(7-13(15)20)24(17(21)27)16(26)12-3-1-2-4-14(12)25(28)29/h1-9H,(H2,21,27). The van der Waals surface area contributed by atoms with Gasteiger partial charge >= 0.3 is 12.0 Å². The molecule has 10 nitrogen and oxygen atoms in total. The number of urea groups is 1. The maximum Gasteiger partial charge on any atom is 0.326 e. The first-order chi connectivity index (χ1) is 14.3. The number of benzene rings is 2. The van der Waals surface area contributed by atoms with E-state index < -0.39 is 22.5 Å². The highest BCUT2D eigenvalue weighted by molar-refractivity contribution is 9.10. The van der Waals surface area contributed by atoms with Crippen molar-refractivity contribution in [3.8, 4) is 11.8 Å². The number of ether oxygens (including phenoxy) is 1. The Morgan fingerprint density at radius 3 is 2.43 bits per heavy atom. The van der Waals surface area contributed by atoms with Crippen molar-refractivity contribution in [2.24, 2.45) is 5.73 Å². The minimum Gasteiger partial charge on any atom is -0.423 e. The van der Waals surface area contributed by atoms with Crippen LogP contribution in [0.3, 0.4) is 0 Å². The number of amides is 3. The molecule has 3 aromatic rings. The first-order valence-electron chi connectivity index (χ1n) is 8.10. The second-order valence-electron chi connectivity index (χ2n) is 5.65. The summed E-state index contributed by atoms with van der Waals surface area (Å²) in [6.07, 6.45) is 2.95. The van der Waals surface area contributed by atoms with Gasteiger partial charge in [0.15, 0.2) is 0 Å². The van der Waals surface area contributed by atoms with E-state index in [1.807, 2.05) is 0 Å². The van der Waals surface area contributed by atoms with E-state index in [1.54, 1.807) is 0 Å². The van der Waals surface area contributed by atoms with Gasteiger partial charge in [0, 0.05) is 18.5 Å². The van der Waals surface area contributed by atoms with E-state index in [0.717, 1.165) is 6.07 Å². The van der Waals surface area contributed by atoms with Crippen LogP contribution in [0.5, 0.6) is 11.8 Å². The number of nitrogens with zero attached hydrogens (tertiary/aromatic N) is 4. The molecule has 0 radical (unpaired) electrons. The molecule has 30 heavy (non-hydrogen) atoms. The number of nitrogens with two attached hydrogens (primary N) is 1. The number of primary amides is 1. The normalized spacial score (nSPS) is 10.3. The molecule has 0 aliphatic heterocycles. The number of carbonyl (C=O) groups excluding carboxylic acids is 2. The van der Waals surface area contributed by atoms with E-state index in [0.29, 0.717) is 9.37 Å². The van der Waals surface area contributed by atoms with Gasteiger partial charge in [-0.25, -0.2) is 19.7 Å². The van der Waals surface area contributed by atoms with Crippen molar-refractivity contribution in [1.82, 2.24) is 9.97 Å². The zero-order chi connectivity index (χ0) is 21.8. The molecular formula is C18H11BrClN5O5. The van der Waals surface area contributed by atoms with Crippen molar-refractivity contribution in [3.63, 3.8) is 0 Å². The number of hydrogen-bond acceptors (Lipinski definition) is 7. The van der Waals surface area contributed by atoms with Gasteiger partial charge in [0.1, 0.15) is 11.3 Å². The quantitative estimate of drug-likeness (QED) is 0.413. The summed E-state index contributed by atoms with van der Waals surface area (Å²) in [7, 11) is 0. The Bertz CT molecular complexity index is 1140. The van der Waals surface area contributed by atoms with Gasteiger partial charge in [-0.05, 0) is 40.2 Å². The molecule has 0 spiro atoms. The van der Waals surface area contributed by atoms with Crippen LogP contribution in [0.25, 0.3) is 0 Å². The highest BCUT2D eigenvalue weighted by Gasteiger charge is 2.29. The number of imide groups is 1. The summed E-state index contributed by atoms with van der Waals surface area (Å²) < 4.78 is 6.13. The van der Waals surface area contributed by atoms with E-state index in [9.17, 15) is 19.7 Å². The summed E-state index contributed by atoms with van der Waals surface area (Å²) in [5, 5.41) is 11.2. The first kappa shape index (κ1) is 21.1. The van der Waals surface area contributed by atoms with Crippen LogP contribution in [0, 0.1) is 10.1 Å². The number of carbonyl (C=O) groups is 2. The van der Waals surface area contributed by atoms with Crippen LogP contribution >= 0.6 is 27.5 Å². The fourth-order valence-electron chi connectivity index (χ4n) is 2.44. The highest BCUT2D eigenvalue weighted by Crippen LogP contribution is 2.33. The second kappa shape index (κ2) is 8.84. The maximum atomic E-state index is 12.9. The molecule has 2 N–H and O–H groups in total. The van der Waals surface area contributed by atoms with E-state index in [2.05, 4.69) is 25.9 Å². The molecule has 3 amide bonds. The lowest BCUT2D eigenvalue weighted by atomic mass is 10.1. The van der Waals surface area contributed by atoms with Crippen LogP contribution in [0.4, 0.5) is 16.2 Å². The summed E-state index contributed by atoms with van der Waals surface area (Å²) >= 11 is 9.40. The number of halogens is 2. The van der Waals surface area contributed by atoms with Crippen molar-refractivity contribution in [2.75, 3.05) is 4.90 Å². The molecule has 12 heteroatoms. The van der Waals surface area contributed by atoms with Gasteiger partial charge in [0.05, 0.1) is 20.1 Å². The molecule has 0 aliphatic carbocycles. The molecule has 0 atom stereocenters. The Morgan fingerprint density at radius 1 is 1.17 bits per heavy atom. The Morgan fingerprint density at radius 2 is 1.83 bits per heavy atom. The van der Waals surface area contributed by atoms with E-state index in [4.69, 9.17) is 22.1 Å². The second-order valence-corrected chi connectivity index (χ2v) is 6.98. The first-order valence-corrected chi connectivity index (χ1v) is 9.27. The third-order valence-electron chi connectivity index (χ3n) is 3.73. The van der Waals surface area contributed by atoms with Crippen molar-refractivity contribution >= 4 is 50.8 Å². The smallest absolute Gasteiger partial charge is 0.326 e. The van der Waals surface area contributed by atoms with Crippen LogP contribution in [-0.4, -0.2) is 26.8 Å². The van der Waals surface area contributed by atoms with Gasteiger partial charge in [-0.15, -0.1) is 0 Å². The Hall–Kier alpha value is -3.57. The topological polar surface area (TPSA) is 142 Å². The number of aromatic nitrogens is 2. The minimum absolute atomic E-state index is 0.000254. The predicted octanol–water partition coefficient (Wildman–Crippen LogP) is 4.32. The predicted molar refractivity (Wildman–Crippen MR) is 111 cm³/mol. The van der Waals surface area contributed by atoms with Gasteiger partial charge < -0.3 is 10.5 Å².